The van der Waals surface area contributed by atoms with Crippen LogP contribution in [0.3, 0.4) is 0 Å². The van der Waals surface area contributed by atoms with Crippen molar-refractivity contribution in [2.24, 2.45) is 0 Å². The summed E-state index contributed by atoms with van der Waals surface area (Å²) in [7, 11) is 0. The van der Waals surface area contributed by atoms with Crippen LogP contribution in [-0.4, -0.2) is 74.5 Å². The molecule has 0 N–H and O–H groups in total. The van der Waals surface area contributed by atoms with E-state index in [2.05, 4.69) is 15.8 Å². The summed E-state index contributed by atoms with van der Waals surface area (Å²) in [4.78, 5) is 0. The third-order valence-corrected chi connectivity index (χ3v) is 10.1. The van der Waals surface area contributed by atoms with E-state index in [9.17, 15) is 79.0 Å². The van der Waals surface area contributed by atoms with E-state index in [1.807, 2.05) is 0 Å². The number of hydrogen-bond acceptors (Lipinski definition) is 3. The molecular weight excluding hydrogens is 653 g/mol. The van der Waals surface area contributed by atoms with Crippen molar-refractivity contribution in [1.82, 2.24) is 0 Å². The van der Waals surface area contributed by atoms with Crippen LogP contribution in [0, 0.1) is 0 Å². The molecule has 0 saturated heterocycles. The molecule has 0 aliphatic carbocycles. The van der Waals surface area contributed by atoms with E-state index in [1.54, 1.807) is 0 Å². The van der Waals surface area contributed by atoms with Gasteiger partial charge in [0.05, 0.1) is 0 Å². The van der Waals surface area contributed by atoms with Crippen LogP contribution in [0.1, 0.15) is 6.92 Å². The summed E-state index contributed by atoms with van der Waals surface area (Å²) < 4.78 is 239. The first-order valence-electron chi connectivity index (χ1n) is 7.54. The van der Waals surface area contributed by atoms with Crippen LogP contribution in [0.5, 0.6) is 0 Å². The van der Waals surface area contributed by atoms with Crippen LogP contribution in [0.15, 0.2) is 10.7 Å². The van der Waals surface area contributed by atoms with Crippen LogP contribution in [-0.2, 0) is 9.22 Å². The average molecular weight is 661 g/mol. The van der Waals surface area contributed by atoms with Crippen LogP contribution < -0.4 is 0 Å². The summed E-state index contributed by atoms with van der Waals surface area (Å²) in [6.45, 7) is 0.992. The molecule has 0 aliphatic heterocycles. The molecule has 0 aliphatic rings. The van der Waals surface area contributed by atoms with E-state index in [1.165, 1.54) is 0 Å². The van der Waals surface area contributed by atoms with Gasteiger partial charge in [0, 0.05) is 0 Å². The van der Waals surface area contributed by atoms with E-state index < -0.39 is 85.5 Å². The van der Waals surface area contributed by atoms with Gasteiger partial charge in [0.25, 0.3) is 0 Å². The van der Waals surface area contributed by atoms with E-state index in [-0.39, 0.29) is 0 Å². The van der Waals surface area contributed by atoms with Crippen molar-refractivity contribution in [3.8, 4) is 0 Å². The molecule has 0 spiro atoms. The van der Waals surface area contributed by atoms with Crippen molar-refractivity contribution in [1.29, 1.82) is 0 Å². The summed E-state index contributed by atoms with van der Waals surface area (Å²) >= 11 is -8.77. The normalized spacial score (nSPS) is 15.9. The van der Waals surface area contributed by atoms with Gasteiger partial charge in [0.1, 0.15) is 0 Å². The molecule has 3 nitrogen and oxygen atoms in total. The second-order valence-electron chi connectivity index (χ2n) is 6.10. The Hall–Kier alpha value is -0.841. The molecule has 0 radical (unpaired) electrons. The summed E-state index contributed by atoms with van der Waals surface area (Å²) in [5.74, 6) is 0. The summed E-state index contributed by atoms with van der Waals surface area (Å²) in [6, 6.07) is 0. The molecule has 204 valence electrons. The van der Waals surface area contributed by atoms with Gasteiger partial charge >= 0.3 is 180 Å². The molecule has 0 aromatic rings. The quantitative estimate of drug-likeness (QED) is 0.229. The first-order chi connectivity index (χ1) is 14.4. The maximum atomic E-state index is 13.0. The Morgan fingerprint density at radius 1 is 0.559 bits per heavy atom. The van der Waals surface area contributed by atoms with Crippen molar-refractivity contribution in [2.45, 2.75) is 61.8 Å². The molecule has 0 amide bonds. The second-order valence-corrected chi connectivity index (χ2v) is 12.6. The summed E-state index contributed by atoms with van der Waals surface area (Å²) in [5.41, 5.74) is -5.96. The van der Waals surface area contributed by atoms with Crippen LogP contribution in [0.2, 0.25) is 0 Å². The van der Waals surface area contributed by atoms with Gasteiger partial charge in [0.2, 0.25) is 0 Å². The third kappa shape index (κ3) is 7.83. The molecule has 0 heterocycles. The Balaban J connectivity index is 7.19. The van der Waals surface area contributed by atoms with Gasteiger partial charge in [0.15, 0.2) is 0 Å². The van der Waals surface area contributed by atoms with Gasteiger partial charge in [-0.1, -0.05) is 0 Å². The zero-order valence-corrected chi connectivity index (χ0v) is 18.3. The monoisotopic (exact) mass is 662 g/mol. The van der Waals surface area contributed by atoms with Gasteiger partial charge in [-0.2, -0.15) is 0 Å². The second kappa shape index (κ2) is 9.56. The predicted octanol–water partition coefficient (Wildman–Crippen LogP) is 6.57. The molecule has 0 unspecified atom stereocenters. The van der Waals surface area contributed by atoms with Crippen molar-refractivity contribution >= 4 is 19.6 Å². The van der Waals surface area contributed by atoms with Crippen LogP contribution >= 0.6 is 0 Å². The van der Waals surface area contributed by atoms with E-state index in [4.69, 9.17) is 0 Å². The van der Waals surface area contributed by atoms with Crippen molar-refractivity contribution in [2.75, 3.05) is 0 Å². The molecule has 22 heteroatoms. The van der Waals surface area contributed by atoms with Crippen molar-refractivity contribution in [3.05, 3.63) is 10.7 Å². The molecule has 0 rings (SSSR count). The van der Waals surface area contributed by atoms with E-state index >= 15 is 0 Å². The zero-order chi connectivity index (χ0) is 28.0. The van der Waals surface area contributed by atoms with Crippen LogP contribution in [0.25, 0.3) is 0 Å². The van der Waals surface area contributed by atoms with Gasteiger partial charge in [-0.3, -0.25) is 0 Å². The summed E-state index contributed by atoms with van der Waals surface area (Å²) in [6.07, 6.45) is -52.2. The zero-order valence-electron chi connectivity index (χ0n) is 15.5. The minimum absolute atomic E-state index is 1.04. The van der Waals surface area contributed by atoms with Crippen LogP contribution in [0.4, 0.5) is 79.0 Å². The van der Waals surface area contributed by atoms with Gasteiger partial charge in [-0.05, 0) is 0 Å². The summed E-state index contributed by atoms with van der Waals surface area (Å²) in [5, 5.41) is 0. The molecule has 0 atom stereocenters. The molecule has 0 bridgehead atoms. The topological polar surface area (TPSA) is 27.7 Å². The molecule has 0 fully saturated rings. The molecular formula is C12H8F18O3Sn. The van der Waals surface area contributed by atoms with E-state index in [0.29, 0.717) is 0 Å². The van der Waals surface area contributed by atoms with Gasteiger partial charge in [-0.15, -0.1) is 0 Å². The Morgan fingerprint density at radius 2 is 0.794 bits per heavy atom. The predicted molar refractivity (Wildman–Crippen MR) is 71.5 cm³/mol. The fourth-order valence-electron chi connectivity index (χ4n) is 1.74. The SMILES string of the molecule is C=[CH][Sn]([O]C(C(F)(F)F)C(F)(F)F)([O]C(C(F)(F)F)C(F)(F)F)[O]C(C)(C(F)(F)F)C(F)(F)F. The molecule has 0 saturated carbocycles. The standard InChI is InChI=1S/C4H3F6O.2C3HF6O.C2H3.Sn/c1-2(11,3(5,6)7)4(8,9)10;2*4-2(5,6)1(10)3(7,8)9;1-2;/h1H3;2*1H;1H,2H2;/q3*-1;;+3. The molecule has 0 aromatic carbocycles. The van der Waals surface area contributed by atoms with Gasteiger partial charge in [-0.25, -0.2) is 0 Å². The Kier molecular flexibility index (Phi) is 9.32. The first-order valence-corrected chi connectivity index (χ1v) is 12.7. The number of rotatable bonds is 7. The Morgan fingerprint density at radius 3 is 0.941 bits per heavy atom. The Labute approximate surface area is 181 Å². The Bertz CT molecular complexity index is 620. The molecule has 34 heavy (non-hydrogen) atoms. The maximum absolute atomic E-state index is 13.0. The molecule has 0 aromatic heterocycles. The minimum atomic E-state index is -8.77. The fourth-order valence-corrected chi connectivity index (χ4v) is 8.65. The number of halogens is 18. The third-order valence-electron chi connectivity index (χ3n) is 3.43. The fraction of sp³-hybridized carbons (Fsp3) is 0.833. The number of alkyl halides is 18. The van der Waals surface area contributed by atoms with Gasteiger partial charge < -0.3 is 0 Å². The van der Waals surface area contributed by atoms with E-state index in [0.717, 1.165) is 0 Å². The van der Waals surface area contributed by atoms with Crippen molar-refractivity contribution in [3.63, 3.8) is 0 Å². The first kappa shape index (κ1) is 33.2. The van der Waals surface area contributed by atoms with Crippen molar-refractivity contribution < 1.29 is 88.2 Å². The average Bonchev–Trinajstić information content (AvgIpc) is 2.50. The number of hydrogen-bond donors (Lipinski definition) is 0.